The Kier molecular flexibility index (Phi) is 4.73. The fourth-order valence-electron chi connectivity index (χ4n) is 2.02. The molecule has 0 N–H and O–H groups in total. The molecule has 0 amide bonds. The number of nitriles is 1. The van der Waals surface area contributed by atoms with Gasteiger partial charge in [0.25, 0.3) is 0 Å². The minimum Gasteiger partial charge on any atom is -0.298 e. The van der Waals surface area contributed by atoms with Gasteiger partial charge in [0.05, 0.1) is 11.6 Å². The van der Waals surface area contributed by atoms with Crippen LogP contribution in [0.15, 0.2) is 53.0 Å². The average molecular weight is 315 g/mol. The van der Waals surface area contributed by atoms with E-state index in [0.29, 0.717) is 5.56 Å². The van der Waals surface area contributed by atoms with Crippen LogP contribution in [0.2, 0.25) is 0 Å². The number of rotatable bonds is 4. The molecule has 0 radical (unpaired) electrons. The Labute approximate surface area is 122 Å². The van der Waals surface area contributed by atoms with Crippen molar-refractivity contribution in [2.24, 2.45) is 0 Å². The molecule has 0 spiro atoms. The molecule has 3 heteroatoms. The Morgan fingerprint density at radius 2 is 1.89 bits per heavy atom. The average Bonchev–Trinajstić information content (AvgIpc) is 2.41. The van der Waals surface area contributed by atoms with Crippen LogP contribution in [-0.4, -0.2) is 11.9 Å². The summed E-state index contributed by atoms with van der Waals surface area (Å²) in [5, 5.41) is 8.90. The van der Waals surface area contributed by atoms with Crippen molar-refractivity contribution in [2.75, 3.05) is 7.05 Å². The van der Waals surface area contributed by atoms with Crippen molar-refractivity contribution in [1.82, 2.24) is 4.90 Å². The molecule has 19 heavy (non-hydrogen) atoms. The third-order valence-electron chi connectivity index (χ3n) is 2.91. The van der Waals surface area contributed by atoms with Gasteiger partial charge in [0, 0.05) is 17.6 Å². The second kappa shape index (κ2) is 6.51. The molecule has 0 unspecified atom stereocenters. The first-order valence-electron chi connectivity index (χ1n) is 6.10. The van der Waals surface area contributed by atoms with E-state index in [-0.39, 0.29) is 0 Å². The van der Waals surface area contributed by atoms with Gasteiger partial charge in [-0.2, -0.15) is 5.26 Å². The molecule has 0 aliphatic rings. The predicted octanol–water partition coefficient (Wildman–Crippen LogP) is 3.95. The van der Waals surface area contributed by atoms with E-state index in [2.05, 4.69) is 52.1 Å². The van der Waals surface area contributed by atoms with Crippen molar-refractivity contribution in [3.8, 4) is 6.07 Å². The zero-order valence-electron chi connectivity index (χ0n) is 10.8. The Morgan fingerprint density at radius 1 is 1.11 bits per heavy atom. The van der Waals surface area contributed by atoms with Crippen LogP contribution in [0.25, 0.3) is 0 Å². The van der Waals surface area contributed by atoms with E-state index < -0.39 is 0 Å². The van der Waals surface area contributed by atoms with Crippen molar-refractivity contribution >= 4 is 15.9 Å². The van der Waals surface area contributed by atoms with E-state index in [1.54, 1.807) is 0 Å². The lowest BCUT2D eigenvalue weighted by atomic mass is 10.1. The van der Waals surface area contributed by atoms with Crippen LogP contribution in [0.3, 0.4) is 0 Å². The van der Waals surface area contributed by atoms with E-state index in [1.807, 2.05) is 30.3 Å². The molecule has 0 aliphatic carbocycles. The molecular weight excluding hydrogens is 300 g/mol. The minimum absolute atomic E-state index is 0.715. The molecule has 0 saturated carbocycles. The molecule has 2 rings (SSSR count). The van der Waals surface area contributed by atoms with Gasteiger partial charge in [-0.15, -0.1) is 0 Å². The van der Waals surface area contributed by atoms with Crippen LogP contribution in [0, 0.1) is 11.3 Å². The monoisotopic (exact) mass is 314 g/mol. The van der Waals surface area contributed by atoms with E-state index in [9.17, 15) is 0 Å². The van der Waals surface area contributed by atoms with Gasteiger partial charge in [-0.05, 0) is 36.4 Å². The molecule has 0 saturated heterocycles. The van der Waals surface area contributed by atoms with E-state index in [1.165, 1.54) is 5.56 Å². The van der Waals surface area contributed by atoms with Crippen LogP contribution in [0.4, 0.5) is 0 Å². The van der Waals surface area contributed by atoms with Gasteiger partial charge in [0.2, 0.25) is 0 Å². The lowest BCUT2D eigenvalue weighted by molar-refractivity contribution is 0.318. The second-order valence-electron chi connectivity index (χ2n) is 4.58. The third-order valence-corrected chi connectivity index (χ3v) is 3.68. The van der Waals surface area contributed by atoms with Crippen LogP contribution >= 0.6 is 15.9 Å². The van der Waals surface area contributed by atoms with E-state index in [0.717, 1.165) is 23.1 Å². The quantitative estimate of drug-likeness (QED) is 0.854. The van der Waals surface area contributed by atoms with E-state index >= 15 is 0 Å². The SMILES string of the molecule is CN(Cc1cccc(C#N)c1)Cc1ccccc1Br. The fourth-order valence-corrected chi connectivity index (χ4v) is 2.43. The maximum Gasteiger partial charge on any atom is 0.0991 e. The van der Waals surface area contributed by atoms with Crippen LogP contribution in [-0.2, 0) is 13.1 Å². The highest BCUT2D eigenvalue weighted by molar-refractivity contribution is 9.10. The Morgan fingerprint density at radius 3 is 2.63 bits per heavy atom. The summed E-state index contributed by atoms with van der Waals surface area (Å²) in [6, 6.07) is 18.2. The van der Waals surface area contributed by atoms with Crippen molar-refractivity contribution in [1.29, 1.82) is 5.26 Å². The minimum atomic E-state index is 0.715. The molecule has 0 aromatic heterocycles. The highest BCUT2D eigenvalue weighted by Gasteiger charge is 2.05. The van der Waals surface area contributed by atoms with Crippen molar-refractivity contribution in [2.45, 2.75) is 13.1 Å². The molecule has 96 valence electrons. The molecule has 0 fully saturated rings. The summed E-state index contributed by atoms with van der Waals surface area (Å²) < 4.78 is 1.13. The molecule has 0 atom stereocenters. The standard InChI is InChI=1S/C16H15BrN2/c1-19(12-15-7-2-3-8-16(15)17)11-14-6-4-5-13(9-14)10-18/h2-9H,11-12H2,1H3. The van der Waals surface area contributed by atoms with Gasteiger partial charge in [0.1, 0.15) is 0 Å². The number of hydrogen-bond acceptors (Lipinski definition) is 2. The lowest BCUT2D eigenvalue weighted by Gasteiger charge is -2.17. The number of benzene rings is 2. The first-order chi connectivity index (χ1) is 9.19. The maximum atomic E-state index is 8.90. The summed E-state index contributed by atoms with van der Waals surface area (Å²) >= 11 is 3.56. The first kappa shape index (κ1) is 13.8. The van der Waals surface area contributed by atoms with Crippen molar-refractivity contribution in [3.05, 3.63) is 69.7 Å². The molecule has 2 aromatic rings. The normalized spacial score (nSPS) is 10.4. The molecule has 0 heterocycles. The zero-order chi connectivity index (χ0) is 13.7. The van der Waals surface area contributed by atoms with Gasteiger partial charge in [-0.1, -0.05) is 46.3 Å². The third kappa shape index (κ3) is 3.92. The largest absolute Gasteiger partial charge is 0.298 e. The lowest BCUT2D eigenvalue weighted by Crippen LogP contribution is -2.17. The predicted molar refractivity (Wildman–Crippen MR) is 80.5 cm³/mol. The first-order valence-corrected chi connectivity index (χ1v) is 6.89. The van der Waals surface area contributed by atoms with E-state index in [4.69, 9.17) is 5.26 Å². The topological polar surface area (TPSA) is 27.0 Å². The molecular formula is C16H15BrN2. The van der Waals surface area contributed by atoms with Gasteiger partial charge in [-0.3, -0.25) is 4.90 Å². The summed E-state index contributed by atoms with van der Waals surface area (Å²) in [7, 11) is 2.08. The molecule has 2 aromatic carbocycles. The smallest absolute Gasteiger partial charge is 0.0991 e. The summed E-state index contributed by atoms with van der Waals surface area (Å²) in [6.07, 6.45) is 0. The molecule has 2 nitrogen and oxygen atoms in total. The van der Waals surface area contributed by atoms with Gasteiger partial charge in [0.15, 0.2) is 0 Å². The van der Waals surface area contributed by atoms with Crippen molar-refractivity contribution < 1.29 is 0 Å². The van der Waals surface area contributed by atoms with Crippen LogP contribution in [0.5, 0.6) is 0 Å². The zero-order valence-corrected chi connectivity index (χ0v) is 12.4. The molecule has 0 aliphatic heterocycles. The number of halogens is 1. The maximum absolute atomic E-state index is 8.90. The highest BCUT2D eigenvalue weighted by atomic mass is 79.9. The summed E-state index contributed by atoms with van der Waals surface area (Å²) in [6.45, 7) is 1.70. The summed E-state index contributed by atoms with van der Waals surface area (Å²) in [5.74, 6) is 0. The van der Waals surface area contributed by atoms with Crippen LogP contribution in [0.1, 0.15) is 16.7 Å². The van der Waals surface area contributed by atoms with Gasteiger partial charge >= 0.3 is 0 Å². The highest BCUT2D eigenvalue weighted by Crippen LogP contribution is 2.18. The Hall–Kier alpha value is -1.63. The second-order valence-corrected chi connectivity index (χ2v) is 5.43. The van der Waals surface area contributed by atoms with Crippen LogP contribution < -0.4 is 0 Å². The molecule has 0 bridgehead atoms. The number of hydrogen-bond donors (Lipinski definition) is 0. The summed E-state index contributed by atoms with van der Waals surface area (Å²) in [4.78, 5) is 2.23. The van der Waals surface area contributed by atoms with Gasteiger partial charge in [-0.25, -0.2) is 0 Å². The summed E-state index contributed by atoms with van der Waals surface area (Å²) in [5.41, 5.74) is 3.14. The Bertz CT molecular complexity index is 602. The Balaban J connectivity index is 2.03. The van der Waals surface area contributed by atoms with Gasteiger partial charge < -0.3 is 0 Å². The van der Waals surface area contributed by atoms with Crippen molar-refractivity contribution in [3.63, 3.8) is 0 Å². The fraction of sp³-hybridized carbons (Fsp3) is 0.188. The number of nitrogens with zero attached hydrogens (tertiary/aromatic N) is 2.